The monoisotopic (exact) mass is 548 g/mol. The molecule has 5 heterocycles. The molecule has 0 bridgehead atoms. The molecule has 1 aromatic carbocycles. The van der Waals surface area contributed by atoms with E-state index in [9.17, 15) is 14.8 Å². The van der Waals surface area contributed by atoms with Gasteiger partial charge in [-0.25, -0.2) is 4.39 Å². The molecule has 1 aliphatic carbocycles. The number of aromatic nitrogens is 2. The molecule has 9 nitrogen and oxygen atoms in total. The highest BCUT2D eigenvalue weighted by Crippen LogP contribution is 2.51. The summed E-state index contributed by atoms with van der Waals surface area (Å²) >= 11 is 0. The molecule has 40 heavy (non-hydrogen) atoms. The standard InChI is InChI=1S/C30H37FN6O3/c1-18-6-8-30(25-20(18)4-5-23(33)21(25)12-32)11-24-22(14-40-30)26(36-15-28(2,38)16-36)35-27(34-24)39-17-29-7-3-9-37(29)13-19(31)10-29/h4-5,18-19,38H,3,6-11,13-17,33H2,1-2H3/t18-,19+,29-,30-/m0/s1. The molecule has 7 rings (SSSR count). The average molecular weight is 549 g/mol. The Hall–Kier alpha value is -3.00. The van der Waals surface area contributed by atoms with Crippen LogP contribution in [0, 0.1) is 11.3 Å². The van der Waals surface area contributed by atoms with Crippen molar-refractivity contribution in [2.24, 2.45) is 0 Å². The second-order valence-electron chi connectivity index (χ2n) is 13.0. The van der Waals surface area contributed by atoms with E-state index in [-0.39, 0.29) is 11.5 Å². The fraction of sp³-hybridized carbons (Fsp3) is 0.633. The normalized spacial score (nSPS) is 32.2. The Labute approximate surface area is 234 Å². The Bertz CT molecular complexity index is 1400. The summed E-state index contributed by atoms with van der Waals surface area (Å²) in [7, 11) is 0. The third kappa shape index (κ3) is 3.97. The number of anilines is 2. The van der Waals surface area contributed by atoms with Crippen molar-refractivity contribution in [2.45, 2.75) is 87.8 Å². The van der Waals surface area contributed by atoms with E-state index in [0.29, 0.717) is 62.9 Å². The molecule has 3 saturated heterocycles. The Morgan fingerprint density at radius 3 is 2.90 bits per heavy atom. The largest absolute Gasteiger partial charge is 0.461 e. The maximum atomic E-state index is 14.4. The van der Waals surface area contributed by atoms with Crippen molar-refractivity contribution < 1.29 is 19.0 Å². The highest BCUT2D eigenvalue weighted by molar-refractivity contribution is 5.64. The first-order valence-electron chi connectivity index (χ1n) is 14.5. The first-order chi connectivity index (χ1) is 19.1. The highest BCUT2D eigenvalue weighted by atomic mass is 19.1. The molecule has 0 radical (unpaired) electrons. The SMILES string of the molecule is C[C@H]1CC[C@]2(Cc3nc(OC[C@@]45CCCN4C[C@H](F)C5)nc(N4CC(C)(O)C4)c3CO2)c2c1ccc(N)c2C#N. The Morgan fingerprint density at radius 1 is 1.30 bits per heavy atom. The Kier molecular flexibility index (Phi) is 5.84. The molecule has 2 aromatic rings. The first-order valence-corrected chi connectivity index (χ1v) is 14.5. The van der Waals surface area contributed by atoms with Crippen molar-refractivity contribution in [1.29, 1.82) is 5.26 Å². The van der Waals surface area contributed by atoms with Crippen LogP contribution in [0.25, 0.3) is 0 Å². The van der Waals surface area contributed by atoms with Gasteiger partial charge in [-0.15, -0.1) is 0 Å². The summed E-state index contributed by atoms with van der Waals surface area (Å²) < 4.78 is 27.4. The first kappa shape index (κ1) is 25.9. The number of alkyl halides is 1. The van der Waals surface area contributed by atoms with Gasteiger partial charge in [-0.05, 0) is 56.7 Å². The van der Waals surface area contributed by atoms with Crippen molar-refractivity contribution in [3.63, 3.8) is 0 Å². The molecule has 0 saturated carbocycles. The molecule has 10 heteroatoms. The molecule has 3 N–H and O–H groups in total. The van der Waals surface area contributed by atoms with Crippen molar-refractivity contribution in [3.05, 3.63) is 40.1 Å². The molecule has 4 aliphatic heterocycles. The van der Waals surface area contributed by atoms with Gasteiger partial charge in [-0.1, -0.05) is 13.0 Å². The Morgan fingerprint density at radius 2 is 2.12 bits per heavy atom. The average Bonchev–Trinajstić information content (AvgIpc) is 3.43. The molecule has 5 aliphatic rings. The van der Waals surface area contributed by atoms with Crippen LogP contribution in [0.1, 0.15) is 79.8 Å². The van der Waals surface area contributed by atoms with Gasteiger partial charge >= 0.3 is 6.01 Å². The minimum atomic E-state index is -0.834. The van der Waals surface area contributed by atoms with E-state index in [1.807, 2.05) is 24.0 Å². The third-order valence-corrected chi connectivity index (χ3v) is 9.94. The summed E-state index contributed by atoms with van der Waals surface area (Å²) in [5, 5.41) is 20.6. The molecule has 1 spiro atoms. The molecule has 3 fully saturated rings. The number of β-amino-alcohol motifs (C(OH)–C–C–N with tert-alkyl or cyclic N) is 1. The van der Waals surface area contributed by atoms with Crippen molar-refractivity contribution in [1.82, 2.24) is 14.9 Å². The fourth-order valence-corrected chi connectivity index (χ4v) is 7.93. The summed E-state index contributed by atoms with van der Waals surface area (Å²) in [5.41, 5.74) is 9.15. The lowest BCUT2D eigenvalue weighted by Gasteiger charge is -2.48. The van der Waals surface area contributed by atoms with Gasteiger partial charge in [0.1, 0.15) is 30.3 Å². The zero-order valence-electron chi connectivity index (χ0n) is 23.2. The van der Waals surface area contributed by atoms with E-state index >= 15 is 0 Å². The van der Waals surface area contributed by atoms with Crippen molar-refractivity contribution >= 4 is 11.5 Å². The zero-order chi connectivity index (χ0) is 27.9. The quantitative estimate of drug-likeness (QED) is 0.554. The number of hydrogen-bond donors (Lipinski definition) is 2. The second kappa shape index (κ2) is 9.00. The summed E-state index contributed by atoms with van der Waals surface area (Å²) in [4.78, 5) is 14.0. The van der Waals surface area contributed by atoms with E-state index in [4.69, 9.17) is 25.2 Å². The minimum absolute atomic E-state index is 0.276. The minimum Gasteiger partial charge on any atom is -0.461 e. The number of hydrogen-bond acceptors (Lipinski definition) is 9. The molecule has 4 atom stereocenters. The van der Waals surface area contributed by atoms with Gasteiger partial charge in [0, 0.05) is 49.3 Å². The van der Waals surface area contributed by atoms with Crippen LogP contribution in [0.4, 0.5) is 15.9 Å². The highest BCUT2D eigenvalue weighted by Gasteiger charge is 2.50. The van der Waals surface area contributed by atoms with Gasteiger partial charge < -0.3 is 25.2 Å². The summed E-state index contributed by atoms with van der Waals surface area (Å²) in [5.74, 6) is 1.01. The maximum Gasteiger partial charge on any atom is 0.318 e. The number of benzene rings is 1. The number of rotatable bonds is 4. The van der Waals surface area contributed by atoms with Crippen LogP contribution in [-0.2, 0) is 23.4 Å². The van der Waals surface area contributed by atoms with Crippen LogP contribution in [-0.4, -0.2) is 70.1 Å². The smallest absolute Gasteiger partial charge is 0.318 e. The summed E-state index contributed by atoms with van der Waals surface area (Å²) in [6, 6.07) is 6.48. The van der Waals surface area contributed by atoms with Gasteiger partial charge in [0.15, 0.2) is 0 Å². The number of fused-ring (bicyclic) bond motifs is 4. The lowest BCUT2D eigenvalue weighted by Crippen LogP contribution is -2.60. The van der Waals surface area contributed by atoms with Gasteiger partial charge in [-0.3, -0.25) is 4.90 Å². The predicted molar refractivity (Wildman–Crippen MR) is 147 cm³/mol. The van der Waals surface area contributed by atoms with Crippen LogP contribution in [0.15, 0.2) is 12.1 Å². The van der Waals surface area contributed by atoms with Crippen LogP contribution >= 0.6 is 0 Å². The topological polar surface area (TPSA) is 121 Å². The number of ether oxygens (including phenoxy) is 2. The number of nitrogens with zero attached hydrogens (tertiary/aromatic N) is 5. The predicted octanol–water partition coefficient (Wildman–Crippen LogP) is 3.32. The van der Waals surface area contributed by atoms with Crippen molar-refractivity contribution in [3.8, 4) is 12.1 Å². The molecule has 0 unspecified atom stereocenters. The molecular formula is C30H37FN6O3. The molecule has 1 aromatic heterocycles. The number of aliphatic hydroxyl groups is 1. The van der Waals surface area contributed by atoms with E-state index in [0.717, 1.165) is 60.4 Å². The van der Waals surface area contributed by atoms with E-state index < -0.39 is 17.4 Å². The molecule has 0 amide bonds. The van der Waals surface area contributed by atoms with E-state index in [1.165, 1.54) is 0 Å². The number of nitriles is 1. The second-order valence-corrected chi connectivity index (χ2v) is 13.0. The van der Waals surface area contributed by atoms with E-state index in [1.54, 1.807) is 0 Å². The Balaban J connectivity index is 1.27. The summed E-state index contributed by atoms with van der Waals surface area (Å²) in [6.45, 7) is 6.90. The summed E-state index contributed by atoms with van der Waals surface area (Å²) in [6.07, 6.45) is 3.74. The van der Waals surface area contributed by atoms with Crippen LogP contribution in [0.2, 0.25) is 0 Å². The lowest BCUT2D eigenvalue weighted by atomic mass is 9.69. The molecule has 212 valence electrons. The van der Waals surface area contributed by atoms with Gasteiger partial charge in [0.2, 0.25) is 0 Å². The third-order valence-electron chi connectivity index (χ3n) is 9.94. The van der Waals surface area contributed by atoms with Crippen LogP contribution < -0.4 is 15.4 Å². The van der Waals surface area contributed by atoms with Crippen LogP contribution in [0.3, 0.4) is 0 Å². The van der Waals surface area contributed by atoms with Gasteiger partial charge in [-0.2, -0.15) is 15.2 Å². The zero-order valence-corrected chi connectivity index (χ0v) is 23.2. The molecular weight excluding hydrogens is 511 g/mol. The van der Waals surface area contributed by atoms with Gasteiger partial charge in [0.25, 0.3) is 0 Å². The number of nitrogen functional groups attached to an aromatic ring is 1. The van der Waals surface area contributed by atoms with Gasteiger partial charge in [0.05, 0.1) is 29.0 Å². The number of halogens is 1. The number of nitrogens with two attached hydrogens (primary N) is 1. The van der Waals surface area contributed by atoms with Crippen molar-refractivity contribution in [2.75, 3.05) is 43.4 Å². The fourth-order valence-electron chi connectivity index (χ4n) is 7.93. The maximum absolute atomic E-state index is 14.4. The lowest BCUT2D eigenvalue weighted by molar-refractivity contribution is -0.0875. The van der Waals surface area contributed by atoms with Crippen LogP contribution in [0.5, 0.6) is 6.01 Å². The van der Waals surface area contributed by atoms with E-state index in [2.05, 4.69) is 17.9 Å².